The van der Waals surface area contributed by atoms with Gasteiger partial charge in [-0.25, -0.2) is 0 Å². The first-order valence-electron chi connectivity index (χ1n) is 5.14. The Labute approximate surface area is 89.9 Å². The number of carbonyl (C=O) groups excluding carboxylic acids is 1. The maximum Gasteiger partial charge on any atom is 0.224 e. The smallest absolute Gasteiger partial charge is 0.224 e. The molecule has 0 aliphatic heterocycles. The Bertz CT molecular complexity index is 301. The van der Waals surface area contributed by atoms with E-state index in [9.17, 15) is 4.79 Å². The Morgan fingerprint density at radius 3 is 2.33 bits per heavy atom. The summed E-state index contributed by atoms with van der Waals surface area (Å²) in [6, 6.07) is 0. The van der Waals surface area contributed by atoms with Crippen LogP contribution in [0.4, 0.5) is 0 Å². The van der Waals surface area contributed by atoms with E-state index in [0.717, 1.165) is 0 Å². The molecule has 1 rings (SSSR count). The number of carbonyl (C=O) groups is 1. The Morgan fingerprint density at radius 1 is 1.40 bits per heavy atom. The fourth-order valence-electron chi connectivity index (χ4n) is 2.23. The molecule has 5 nitrogen and oxygen atoms in total. The fraction of sp³-hybridized carbons (Fsp3) is 0.900. The second-order valence-corrected chi connectivity index (χ2v) is 5.12. The van der Waals surface area contributed by atoms with Crippen LogP contribution >= 0.6 is 0 Å². The minimum Gasteiger partial charge on any atom is -0.356 e. The molecule has 1 N–H and O–H groups in total. The summed E-state index contributed by atoms with van der Waals surface area (Å²) < 4.78 is 0. The van der Waals surface area contributed by atoms with Crippen LogP contribution in [0.2, 0.25) is 0 Å². The van der Waals surface area contributed by atoms with Crippen molar-refractivity contribution in [2.75, 3.05) is 13.1 Å². The van der Waals surface area contributed by atoms with Gasteiger partial charge in [-0.05, 0) is 16.4 Å². The van der Waals surface area contributed by atoms with Crippen LogP contribution < -0.4 is 5.32 Å². The molecule has 1 aliphatic carbocycles. The molecule has 5 heteroatoms. The van der Waals surface area contributed by atoms with Gasteiger partial charge < -0.3 is 5.32 Å². The highest BCUT2D eigenvalue weighted by Gasteiger charge is 2.68. The van der Waals surface area contributed by atoms with Gasteiger partial charge in [-0.2, -0.15) is 0 Å². The zero-order chi connectivity index (χ0) is 11.7. The SMILES string of the molecule is CC1(C)C(C(=O)NCCN=[N+]=[N-])C1(C)C. The second-order valence-electron chi connectivity index (χ2n) is 5.12. The van der Waals surface area contributed by atoms with Crippen molar-refractivity contribution in [2.24, 2.45) is 21.9 Å². The van der Waals surface area contributed by atoms with Crippen LogP contribution in [0.15, 0.2) is 5.11 Å². The van der Waals surface area contributed by atoms with Gasteiger partial charge in [-0.1, -0.05) is 32.8 Å². The van der Waals surface area contributed by atoms with Crippen LogP contribution in [-0.2, 0) is 4.79 Å². The number of nitrogens with one attached hydrogen (secondary N) is 1. The maximum atomic E-state index is 11.8. The minimum absolute atomic E-state index is 0.0651. The van der Waals surface area contributed by atoms with Crippen LogP contribution in [-0.4, -0.2) is 19.0 Å². The van der Waals surface area contributed by atoms with Crippen molar-refractivity contribution < 1.29 is 4.79 Å². The highest BCUT2D eigenvalue weighted by Crippen LogP contribution is 2.68. The highest BCUT2D eigenvalue weighted by atomic mass is 16.2. The largest absolute Gasteiger partial charge is 0.356 e. The number of azide groups is 1. The normalized spacial score (nSPS) is 21.6. The van der Waals surface area contributed by atoms with Gasteiger partial charge in [0, 0.05) is 23.9 Å². The molecule has 0 unspecified atom stereocenters. The highest BCUT2D eigenvalue weighted by molar-refractivity contribution is 5.84. The van der Waals surface area contributed by atoms with Gasteiger partial charge in [0.05, 0.1) is 0 Å². The number of hydrogen-bond donors (Lipinski definition) is 1. The van der Waals surface area contributed by atoms with Gasteiger partial charge >= 0.3 is 0 Å². The van der Waals surface area contributed by atoms with Crippen LogP contribution in [0.5, 0.6) is 0 Å². The van der Waals surface area contributed by atoms with E-state index in [1.165, 1.54) is 0 Å². The number of hydrogen-bond acceptors (Lipinski definition) is 2. The molecule has 0 bridgehead atoms. The van der Waals surface area contributed by atoms with Gasteiger partial charge in [0.1, 0.15) is 0 Å². The van der Waals surface area contributed by atoms with Crippen molar-refractivity contribution in [3.63, 3.8) is 0 Å². The van der Waals surface area contributed by atoms with E-state index in [2.05, 4.69) is 43.0 Å². The lowest BCUT2D eigenvalue weighted by molar-refractivity contribution is -0.123. The third kappa shape index (κ3) is 1.92. The third-order valence-electron chi connectivity index (χ3n) is 3.86. The van der Waals surface area contributed by atoms with E-state index >= 15 is 0 Å². The lowest BCUT2D eigenvalue weighted by atomic mass is 10.0. The molecule has 1 fully saturated rings. The zero-order valence-electron chi connectivity index (χ0n) is 9.74. The average molecular weight is 210 g/mol. The molecule has 1 amide bonds. The quantitative estimate of drug-likeness (QED) is 0.328. The van der Waals surface area contributed by atoms with E-state index < -0.39 is 0 Å². The fourth-order valence-corrected chi connectivity index (χ4v) is 2.23. The maximum absolute atomic E-state index is 11.8. The number of rotatable bonds is 4. The van der Waals surface area contributed by atoms with Crippen molar-refractivity contribution >= 4 is 5.91 Å². The molecule has 0 spiro atoms. The van der Waals surface area contributed by atoms with Gasteiger partial charge in [-0.15, -0.1) is 0 Å². The first kappa shape index (κ1) is 11.9. The first-order valence-corrected chi connectivity index (χ1v) is 5.14. The van der Waals surface area contributed by atoms with Gasteiger partial charge in [0.25, 0.3) is 0 Å². The molecule has 15 heavy (non-hydrogen) atoms. The van der Waals surface area contributed by atoms with Gasteiger partial charge in [0.15, 0.2) is 0 Å². The van der Waals surface area contributed by atoms with E-state index in [-0.39, 0.29) is 22.7 Å². The number of nitrogens with zero attached hydrogens (tertiary/aromatic N) is 3. The van der Waals surface area contributed by atoms with Crippen molar-refractivity contribution in [3.8, 4) is 0 Å². The molecule has 0 atom stereocenters. The van der Waals surface area contributed by atoms with Crippen molar-refractivity contribution in [2.45, 2.75) is 27.7 Å². The standard InChI is InChI=1S/C10H18N4O/c1-9(2)7(10(9,3)4)8(15)12-5-6-13-14-11/h7H,5-6H2,1-4H3,(H,12,15). The Balaban J connectivity index is 2.41. The molecule has 0 radical (unpaired) electrons. The van der Waals surface area contributed by atoms with Crippen molar-refractivity contribution in [1.82, 2.24) is 5.32 Å². The van der Waals surface area contributed by atoms with Crippen LogP contribution in [0, 0.1) is 16.7 Å². The van der Waals surface area contributed by atoms with Crippen LogP contribution in [0.25, 0.3) is 10.4 Å². The topological polar surface area (TPSA) is 77.9 Å². The van der Waals surface area contributed by atoms with Gasteiger partial charge in [0.2, 0.25) is 5.91 Å². The molecule has 0 aromatic rings. The van der Waals surface area contributed by atoms with Gasteiger partial charge in [-0.3, -0.25) is 4.79 Å². The summed E-state index contributed by atoms with van der Waals surface area (Å²) in [7, 11) is 0. The molecular formula is C10H18N4O. The predicted octanol–water partition coefficient (Wildman–Crippen LogP) is 2.10. The molecule has 0 aromatic carbocycles. The number of amides is 1. The summed E-state index contributed by atoms with van der Waals surface area (Å²) in [5.41, 5.74) is 8.19. The molecule has 1 saturated carbocycles. The zero-order valence-corrected chi connectivity index (χ0v) is 9.74. The third-order valence-corrected chi connectivity index (χ3v) is 3.86. The van der Waals surface area contributed by atoms with E-state index in [4.69, 9.17) is 5.53 Å². The Hall–Kier alpha value is -1.22. The predicted molar refractivity (Wildman–Crippen MR) is 58.1 cm³/mol. The molecule has 0 heterocycles. The Morgan fingerprint density at radius 2 is 1.93 bits per heavy atom. The molecule has 84 valence electrons. The summed E-state index contributed by atoms with van der Waals surface area (Å²) in [6.07, 6.45) is 0. The monoisotopic (exact) mass is 210 g/mol. The second kappa shape index (κ2) is 3.74. The summed E-state index contributed by atoms with van der Waals surface area (Å²) >= 11 is 0. The summed E-state index contributed by atoms with van der Waals surface area (Å²) in [5, 5.41) is 6.15. The Kier molecular flexibility index (Phi) is 2.95. The first-order chi connectivity index (χ1) is 6.85. The minimum atomic E-state index is 0.0651. The summed E-state index contributed by atoms with van der Waals surface area (Å²) in [5.74, 6) is 0.134. The molecule has 0 saturated heterocycles. The van der Waals surface area contributed by atoms with Crippen molar-refractivity contribution in [1.29, 1.82) is 0 Å². The molecular weight excluding hydrogens is 192 g/mol. The lowest BCUT2D eigenvalue weighted by Crippen LogP contribution is -2.29. The average Bonchev–Trinajstić information content (AvgIpc) is 2.51. The van der Waals surface area contributed by atoms with Crippen LogP contribution in [0.3, 0.4) is 0 Å². The summed E-state index contributed by atoms with van der Waals surface area (Å²) in [6.45, 7) is 9.14. The summed E-state index contributed by atoms with van der Waals surface area (Å²) in [4.78, 5) is 14.4. The van der Waals surface area contributed by atoms with Crippen LogP contribution in [0.1, 0.15) is 27.7 Å². The van der Waals surface area contributed by atoms with Crippen molar-refractivity contribution in [3.05, 3.63) is 10.4 Å². The van der Waals surface area contributed by atoms with E-state index in [0.29, 0.717) is 13.1 Å². The van der Waals surface area contributed by atoms with E-state index in [1.54, 1.807) is 0 Å². The lowest BCUT2D eigenvalue weighted by Gasteiger charge is -2.03. The molecule has 1 aliphatic rings. The molecule has 0 aromatic heterocycles. The van der Waals surface area contributed by atoms with E-state index in [1.807, 2.05) is 0 Å².